The van der Waals surface area contributed by atoms with Crippen molar-refractivity contribution in [3.63, 3.8) is 0 Å². The summed E-state index contributed by atoms with van der Waals surface area (Å²) in [4.78, 5) is 27.7. The average Bonchev–Trinajstić information content (AvgIpc) is 2.65. The van der Waals surface area contributed by atoms with Crippen LogP contribution < -0.4 is 5.32 Å². The van der Waals surface area contributed by atoms with Gasteiger partial charge in [0.1, 0.15) is 6.04 Å². The van der Waals surface area contributed by atoms with Gasteiger partial charge in [0.25, 0.3) is 5.91 Å². The second-order valence-electron chi connectivity index (χ2n) is 7.27. The Labute approximate surface area is 160 Å². The molecule has 0 aromatic heterocycles. The fourth-order valence-electron chi connectivity index (χ4n) is 3.67. The van der Waals surface area contributed by atoms with E-state index in [0.29, 0.717) is 5.57 Å². The van der Waals surface area contributed by atoms with Gasteiger partial charge >= 0.3 is 0 Å². The molecule has 1 N–H and O–H groups in total. The quantitative estimate of drug-likeness (QED) is 0.872. The number of nitrogens with one attached hydrogen (secondary N) is 1. The van der Waals surface area contributed by atoms with Crippen LogP contribution in [0.5, 0.6) is 0 Å². The molecule has 4 heteroatoms. The minimum atomic E-state index is -0.652. The predicted molar refractivity (Wildman–Crippen MR) is 108 cm³/mol. The molecule has 0 spiro atoms. The highest BCUT2D eigenvalue weighted by molar-refractivity contribution is 6.21. The molecular weight excluding hydrogens is 336 g/mol. The van der Waals surface area contributed by atoms with Crippen LogP contribution in [0.2, 0.25) is 0 Å². The molecule has 0 saturated heterocycles. The number of fused-ring (bicyclic) bond motifs is 1. The Bertz CT molecular complexity index is 884. The number of amides is 1. The summed E-state index contributed by atoms with van der Waals surface area (Å²) >= 11 is 0. The van der Waals surface area contributed by atoms with Gasteiger partial charge in [0.2, 0.25) is 0 Å². The van der Waals surface area contributed by atoms with Gasteiger partial charge in [0.05, 0.1) is 5.57 Å². The Balaban J connectivity index is 2.00. The first-order valence-corrected chi connectivity index (χ1v) is 9.32. The number of carbonyl (C=O) groups excluding carboxylic acids is 2. The summed E-state index contributed by atoms with van der Waals surface area (Å²) in [6.45, 7) is 8.51. The van der Waals surface area contributed by atoms with E-state index in [-0.39, 0.29) is 17.7 Å². The van der Waals surface area contributed by atoms with E-state index in [1.54, 1.807) is 0 Å². The molecule has 1 amide bonds. The Morgan fingerprint density at radius 1 is 1.00 bits per heavy atom. The highest BCUT2D eigenvalue weighted by atomic mass is 16.2. The fourth-order valence-corrected chi connectivity index (χ4v) is 3.67. The number of benzene rings is 2. The van der Waals surface area contributed by atoms with Crippen molar-refractivity contribution < 1.29 is 9.59 Å². The number of allylic oxidation sites excluding steroid dienone is 1. The summed E-state index contributed by atoms with van der Waals surface area (Å²) < 4.78 is 0. The van der Waals surface area contributed by atoms with Gasteiger partial charge < -0.3 is 10.2 Å². The monoisotopic (exact) mass is 362 g/mol. The lowest BCUT2D eigenvalue weighted by Gasteiger charge is -2.36. The summed E-state index contributed by atoms with van der Waals surface area (Å²) in [6.07, 6.45) is 0. The maximum absolute atomic E-state index is 13.3. The van der Waals surface area contributed by atoms with Crippen LogP contribution in [-0.2, 0) is 16.1 Å². The van der Waals surface area contributed by atoms with Crippen molar-refractivity contribution >= 4 is 17.3 Å². The van der Waals surface area contributed by atoms with Crippen LogP contribution in [0, 0.1) is 0 Å². The topological polar surface area (TPSA) is 49.4 Å². The average molecular weight is 362 g/mol. The molecule has 1 aliphatic heterocycles. The molecular formula is C23H26N2O2. The predicted octanol–water partition coefficient (Wildman–Crippen LogP) is 4.09. The van der Waals surface area contributed by atoms with Gasteiger partial charge in [0, 0.05) is 18.3 Å². The highest BCUT2D eigenvalue weighted by Gasteiger charge is 2.29. The minimum Gasteiger partial charge on any atom is -0.368 e. The molecule has 2 aromatic rings. The van der Waals surface area contributed by atoms with E-state index in [2.05, 4.69) is 30.1 Å². The Hall–Kier alpha value is -2.88. The maximum Gasteiger partial charge on any atom is 0.254 e. The summed E-state index contributed by atoms with van der Waals surface area (Å²) in [6, 6.07) is 17.0. The van der Waals surface area contributed by atoms with Crippen LogP contribution in [-0.4, -0.2) is 22.6 Å². The molecule has 0 aliphatic carbocycles. The molecule has 27 heavy (non-hydrogen) atoms. The Morgan fingerprint density at radius 2 is 1.63 bits per heavy atom. The first-order chi connectivity index (χ1) is 12.9. The van der Waals surface area contributed by atoms with E-state index >= 15 is 0 Å². The third-order valence-corrected chi connectivity index (χ3v) is 5.09. The number of carbonyl (C=O) groups is 2. The summed E-state index contributed by atoms with van der Waals surface area (Å²) in [5.41, 5.74) is 4.45. The zero-order valence-electron chi connectivity index (χ0n) is 16.3. The standard InChI is InChI=1S/C23H26N2O2/c1-15(2)25-14-19-12-8-9-13-20(19)21(16(25)3)23(27)24-22(17(4)26)18-10-6-5-7-11-18/h5-13,15,22H,14H2,1-4H3,(H,24,27)/t22-/m1/s1. The zero-order valence-corrected chi connectivity index (χ0v) is 16.3. The summed E-state index contributed by atoms with van der Waals surface area (Å²) in [5, 5.41) is 2.96. The van der Waals surface area contributed by atoms with Gasteiger partial charge in [-0.1, -0.05) is 54.6 Å². The molecule has 1 atom stereocenters. The van der Waals surface area contributed by atoms with E-state index in [9.17, 15) is 9.59 Å². The first kappa shape index (κ1) is 18.9. The van der Waals surface area contributed by atoms with Gasteiger partial charge in [-0.15, -0.1) is 0 Å². The number of Topliss-reactive ketones (excluding diaryl/α,β-unsaturated/α-hetero) is 1. The normalized spacial score (nSPS) is 14.8. The van der Waals surface area contributed by atoms with Crippen molar-refractivity contribution in [3.05, 3.63) is 77.0 Å². The minimum absolute atomic E-state index is 0.0855. The molecule has 3 rings (SSSR count). The van der Waals surface area contributed by atoms with Gasteiger partial charge in [-0.05, 0) is 44.4 Å². The molecule has 1 heterocycles. The number of nitrogens with zero attached hydrogens (tertiary/aromatic N) is 1. The summed E-state index contributed by atoms with van der Waals surface area (Å²) in [5.74, 6) is -0.299. The van der Waals surface area contributed by atoms with Gasteiger partial charge in [-0.2, -0.15) is 0 Å². The van der Waals surface area contributed by atoms with Crippen LogP contribution in [0.25, 0.3) is 5.57 Å². The van der Waals surface area contributed by atoms with Gasteiger partial charge in [-0.25, -0.2) is 0 Å². The number of rotatable bonds is 5. The Morgan fingerprint density at radius 3 is 2.26 bits per heavy atom. The molecule has 0 fully saturated rings. The van der Waals surface area contributed by atoms with Crippen molar-refractivity contribution in [2.75, 3.05) is 0 Å². The van der Waals surface area contributed by atoms with Gasteiger partial charge in [0.15, 0.2) is 5.78 Å². The van der Waals surface area contributed by atoms with Crippen LogP contribution in [0.15, 0.2) is 60.3 Å². The molecule has 4 nitrogen and oxygen atoms in total. The molecule has 0 radical (unpaired) electrons. The highest BCUT2D eigenvalue weighted by Crippen LogP contribution is 2.33. The van der Waals surface area contributed by atoms with Crippen LogP contribution in [0.1, 0.15) is 50.4 Å². The number of hydrogen-bond acceptors (Lipinski definition) is 3. The lowest BCUT2D eigenvalue weighted by Crippen LogP contribution is -2.38. The van der Waals surface area contributed by atoms with E-state index in [4.69, 9.17) is 0 Å². The number of hydrogen-bond donors (Lipinski definition) is 1. The van der Waals surface area contributed by atoms with Crippen molar-refractivity contribution in [2.24, 2.45) is 0 Å². The molecule has 2 aromatic carbocycles. The van der Waals surface area contributed by atoms with E-state index in [1.807, 2.05) is 55.5 Å². The second kappa shape index (κ2) is 7.78. The van der Waals surface area contributed by atoms with Crippen molar-refractivity contribution in [2.45, 2.75) is 46.3 Å². The molecule has 0 unspecified atom stereocenters. The third-order valence-electron chi connectivity index (χ3n) is 5.09. The fraction of sp³-hybridized carbons (Fsp3) is 0.304. The SMILES string of the molecule is CC(=O)[C@@H](NC(=O)C1=C(C)N(C(C)C)Cc2ccccc21)c1ccccc1. The van der Waals surface area contributed by atoms with Crippen LogP contribution >= 0.6 is 0 Å². The Kier molecular flexibility index (Phi) is 5.45. The molecule has 0 bridgehead atoms. The maximum atomic E-state index is 13.3. The van der Waals surface area contributed by atoms with E-state index < -0.39 is 6.04 Å². The second-order valence-corrected chi connectivity index (χ2v) is 7.27. The van der Waals surface area contributed by atoms with Gasteiger partial charge in [-0.3, -0.25) is 9.59 Å². The van der Waals surface area contributed by atoms with Crippen molar-refractivity contribution in [1.82, 2.24) is 10.2 Å². The zero-order chi connectivity index (χ0) is 19.6. The smallest absolute Gasteiger partial charge is 0.254 e. The molecule has 1 aliphatic rings. The van der Waals surface area contributed by atoms with E-state index in [0.717, 1.165) is 28.9 Å². The van der Waals surface area contributed by atoms with Crippen molar-refractivity contribution in [3.8, 4) is 0 Å². The third kappa shape index (κ3) is 3.80. The van der Waals surface area contributed by atoms with Crippen LogP contribution in [0.4, 0.5) is 0 Å². The number of ketones is 1. The van der Waals surface area contributed by atoms with Crippen LogP contribution in [0.3, 0.4) is 0 Å². The lowest BCUT2D eigenvalue weighted by atomic mass is 9.91. The van der Waals surface area contributed by atoms with E-state index in [1.165, 1.54) is 6.92 Å². The summed E-state index contributed by atoms with van der Waals surface area (Å²) in [7, 11) is 0. The molecule has 0 saturated carbocycles. The first-order valence-electron chi connectivity index (χ1n) is 9.32. The largest absolute Gasteiger partial charge is 0.368 e. The molecule has 140 valence electrons. The van der Waals surface area contributed by atoms with Crippen molar-refractivity contribution in [1.29, 1.82) is 0 Å². The lowest BCUT2D eigenvalue weighted by molar-refractivity contribution is -0.124.